The van der Waals surface area contributed by atoms with Gasteiger partial charge in [-0.25, -0.2) is 4.98 Å². The van der Waals surface area contributed by atoms with Crippen molar-refractivity contribution in [2.45, 2.75) is 45.9 Å². The maximum Gasteiger partial charge on any atom is 0.421 e. The third-order valence-corrected chi connectivity index (χ3v) is 3.66. The van der Waals surface area contributed by atoms with Crippen LogP contribution >= 0.6 is 0 Å². The molecule has 0 atom stereocenters. The number of rotatable bonds is 5. The third-order valence-electron chi connectivity index (χ3n) is 3.66. The van der Waals surface area contributed by atoms with Crippen molar-refractivity contribution in [3.05, 3.63) is 41.6 Å². The summed E-state index contributed by atoms with van der Waals surface area (Å²) in [5.41, 5.74) is 0.808. The summed E-state index contributed by atoms with van der Waals surface area (Å²) in [5.74, 6) is 0.102. The number of anilines is 2. The van der Waals surface area contributed by atoms with Crippen molar-refractivity contribution in [1.29, 1.82) is 0 Å². The lowest BCUT2D eigenvalue weighted by Gasteiger charge is -2.23. The van der Waals surface area contributed by atoms with E-state index in [1.54, 1.807) is 33.0 Å². The molecule has 0 aliphatic carbocycles. The topological polar surface area (TPSA) is 38.2 Å². The van der Waals surface area contributed by atoms with E-state index in [9.17, 15) is 13.2 Å². The van der Waals surface area contributed by atoms with E-state index in [1.807, 2.05) is 12.1 Å². The summed E-state index contributed by atoms with van der Waals surface area (Å²) in [4.78, 5) is 9.06. The standard InChI is InChI=1S/C18H22F3N3O/c1-11(2)13-6-8-14(9-7-13)24(5)16-15(18(19,20)21)10-22-17(23-16)25-12(3)4/h6-12H,1-5H3. The molecule has 0 saturated heterocycles. The molecule has 0 fully saturated rings. The molecule has 25 heavy (non-hydrogen) atoms. The van der Waals surface area contributed by atoms with Crippen molar-refractivity contribution in [2.75, 3.05) is 11.9 Å². The number of ether oxygens (including phenoxy) is 1. The Morgan fingerprint density at radius 3 is 2.12 bits per heavy atom. The van der Waals surface area contributed by atoms with Gasteiger partial charge in [0.15, 0.2) is 5.82 Å². The van der Waals surface area contributed by atoms with Crippen LogP contribution in [-0.4, -0.2) is 23.1 Å². The molecule has 0 bridgehead atoms. The average Bonchev–Trinajstić information content (AvgIpc) is 2.52. The van der Waals surface area contributed by atoms with E-state index in [0.717, 1.165) is 11.8 Å². The number of hydrogen-bond donors (Lipinski definition) is 0. The summed E-state index contributed by atoms with van der Waals surface area (Å²) in [5, 5.41) is 0. The van der Waals surface area contributed by atoms with Gasteiger partial charge in [-0.3, -0.25) is 0 Å². The Labute approximate surface area is 145 Å². The van der Waals surface area contributed by atoms with Gasteiger partial charge in [-0.05, 0) is 37.5 Å². The summed E-state index contributed by atoms with van der Waals surface area (Å²) >= 11 is 0. The largest absolute Gasteiger partial charge is 0.461 e. The van der Waals surface area contributed by atoms with Crippen LogP contribution in [0.5, 0.6) is 6.01 Å². The Kier molecular flexibility index (Phi) is 5.55. The van der Waals surface area contributed by atoms with Crippen molar-refractivity contribution in [3.63, 3.8) is 0 Å². The maximum absolute atomic E-state index is 13.3. The molecule has 0 amide bonds. The zero-order chi connectivity index (χ0) is 18.8. The van der Waals surface area contributed by atoms with Crippen LogP contribution in [0.25, 0.3) is 0 Å². The van der Waals surface area contributed by atoms with Crippen molar-refractivity contribution >= 4 is 11.5 Å². The predicted molar refractivity (Wildman–Crippen MR) is 91.4 cm³/mol. The number of nitrogens with zero attached hydrogens (tertiary/aromatic N) is 3. The summed E-state index contributed by atoms with van der Waals surface area (Å²) in [7, 11) is 1.54. The second-order valence-electron chi connectivity index (χ2n) is 6.36. The van der Waals surface area contributed by atoms with Gasteiger partial charge >= 0.3 is 12.2 Å². The molecule has 0 unspecified atom stereocenters. The molecule has 1 aromatic heterocycles. The van der Waals surface area contributed by atoms with E-state index in [4.69, 9.17) is 4.74 Å². The lowest BCUT2D eigenvalue weighted by atomic mass is 10.0. The van der Waals surface area contributed by atoms with E-state index in [2.05, 4.69) is 23.8 Å². The Bertz CT molecular complexity index is 712. The molecule has 1 heterocycles. The first kappa shape index (κ1) is 19.0. The first-order valence-corrected chi connectivity index (χ1v) is 8.04. The first-order chi connectivity index (χ1) is 11.6. The lowest BCUT2D eigenvalue weighted by molar-refractivity contribution is -0.137. The SMILES string of the molecule is CC(C)Oc1ncc(C(F)(F)F)c(N(C)c2ccc(C(C)C)cc2)n1. The molecule has 4 nitrogen and oxygen atoms in total. The summed E-state index contributed by atoms with van der Waals surface area (Å²) in [6.45, 7) is 7.63. The minimum Gasteiger partial charge on any atom is -0.461 e. The van der Waals surface area contributed by atoms with Crippen LogP contribution < -0.4 is 9.64 Å². The lowest BCUT2D eigenvalue weighted by Crippen LogP contribution is -2.20. The molecule has 2 rings (SSSR count). The van der Waals surface area contributed by atoms with Crippen LogP contribution in [0.15, 0.2) is 30.5 Å². The highest BCUT2D eigenvalue weighted by molar-refractivity contribution is 5.63. The van der Waals surface area contributed by atoms with Gasteiger partial charge in [-0.15, -0.1) is 0 Å². The van der Waals surface area contributed by atoms with Crippen LogP contribution in [0.1, 0.15) is 44.7 Å². The van der Waals surface area contributed by atoms with E-state index < -0.39 is 11.7 Å². The van der Waals surface area contributed by atoms with Gasteiger partial charge < -0.3 is 9.64 Å². The number of hydrogen-bond acceptors (Lipinski definition) is 4. The fourth-order valence-corrected chi connectivity index (χ4v) is 2.29. The third kappa shape index (κ3) is 4.61. The second kappa shape index (κ2) is 7.29. The van der Waals surface area contributed by atoms with Gasteiger partial charge in [0, 0.05) is 18.9 Å². The van der Waals surface area contributed by atoms with Crippen LogP contribution in [-0.2, 0) is 6.18 Å². The van der Waals surface area contributed by atoms with E-state index in [0.29, 0.717) is 11.6 Å². The molecule has 136 valence electrons. The Hall–Kier alpha value is -2.31. The number of halogens is 3. The molecule has 0 spiro atoms. The van der Waals surface area contributed by atoms with Crippen LogP contribution in [0, 0.1) is 0 Å². The predicted octanol–water partition coefficient (Wildman–Crippen LogP) is 5.17. The molecular weight excluding hydrogens is 331 g/mol. The Morgan fingerprint density at radius 1 is 1.04 bits per heavy atom. The maximum atomic E-state index is 13.3. The molecule has 0 saturated carbocycles. The minimum atomic E-state index is -4.56. The molecule has 1 aromatic carbocycles. The highest BCUT2D eigenvalue weighted by Gasteiger charge is 2.36. The smallest absolute Gasteiger partial charge is 0.421 e. The fourth-order valence-electron chi connectivity index (χ4n) is 2.29. The van der Waals surface area contributed by atoms with Crippen LogP contribution in [0.2, 0.25) is 0 Å². The number of aromatic nitrogens is 2. The van der Waals surface area contributed by atoms with Crippen molar-refractivity contribution in [2.24, 2.45) is 0 Å². The van der Waals surface area contributed by atoms with Gasteiger partial charge in [-0.2, -0.15) is 18.2 Å². The Morgan fingerprint density at radius 2 is 1.64 bits per heavy atom. The number of alkyl halides is 3. The minimum absolute atomic E-state index is 0.0800. The molecule has 7 heteroatoms. The second-order valence-corrected chi connectivity index (χ2v) is 6.36. The number of benzene rings is 1. The Balaban J connectivity index is 2.46. The monoisotopic (exact) mass is 353 g/mol. The van der Waals surface area contributed by atoms with Gasteiger partial charge in [0.2, 0.25) is 0 Å². The molecule has 0 radical (unpaired) electrons. The zero-order valence-electron chi connectivity index (χ0n) is 14.9. The van der Waals surface area contributed by atoms with Crippen molar-refractivity contribution in [1.82, 2.24) is 9.97 Å². The molecule has 2 aromatic rings. The summed E-state index contributed by atoms with van der Waals surface area (Å²) in [6.07, 6.45) is -4.03. The normalized spacial score (nSPS) is 11.9. The van der Waals surface area contributed by atoms with Gasteiger partial charge in [0.1, 0.15) is 5.56 Å². The van der Waals surface area contributed by atoms with E-state index in [-0.39, 0.29) is 17.9 Å². The summed E-state index contributed by atoms with van der Waals surface area (Å²) < 4.78 is 45.4. The van der Waals surface area contributed by atoms with Gasteiger partial charge in [0.25, 0.3) is 0 Å². The van der Waals surface area contributed by atoms with Crippen LogP contribution in [0.3, 0.4) is 0 Å². The van der Waals surface area contributed by atoms with Crippen molar-refractivity contribution < 1.29 is 17.9 Å². The van der Waals surface area contributed by atoms with Gasteiger partial charge in [0.05, 0.1) is 6.10 Å². The van der Waals surface area contributed by atoms with E-state index in [1.165, 1.54) is 4.90 Å². The fraction of sp³-hybridized carbons (Fsp3) is 0.444. The average molecular weight is 353 g/mol. The molecular formula is C18H22F3N3O. The highest BCUT2D eigenvalue weighted by Crippen LogP contribution is 2.37. The van der Waals surface area contributed by atoms with Crippen molar-refractivity contribution in [3.8, 4) is 6.01 Å². The first-order valence-electron chi connectivity index (χ1n) is 8.04. The highest BCUT2D eigenvalue weighted by atomic mass is 19.4. The molecule has 0 N–H and O–H groups in total. The van der Waals surface area contributed by atoms with E-state index >= 15 is 0 Å². The zero-order valence-corrected chi connectivity index (χ0v) is 14.9. The molecule has 0 aliphatic heterocycles. The van der Waals surface area contributed by atoms with Crippen LogP contribution in [0.4, 0.5) is 24.7 Å². The van der Waals surface area contributed by atoms with Gasteiger partial charge in [-0.1, -0.05) is 26.0 Å². The quantitative estimate of drug-likeness (QED) is 0.743. The molecule has 0 aliphatic rings. The summed E-state index contributed by atoms with van der Waals surface area (Å²) in [6, 6.07) is 7.28.